The quantitative estimate of drug-likeness (QED) is 0.603. The molecule has 1 atom stereocenters. The molecule has 0 aliphatic carbocycles. The summed E-state index contributed by atoms with van der Waals surface area (Å²) in [5.74, 6) is -1.52. The van der Waals surface area contributed by atoms with E-state index in [1.807, 2.05) is 0 Å². The van der Waals surface area contributed by atoms with Gasteiger partial charge in [0.25, 0.3) is 5.91 Å². The van der Waals surface area contributed by atoms with Crippen molar-refractivity contribution in [1.29, 1.82) is 0 Å². The molecule has 0 bridgehead atoms. The number of anilines is 2. The Kier molecular flexibility index (Phi) is 6.43. The molecule has 2 aromatic rings. The monoisotopic (exact) mass is 368 g/mol. The largest absolute Gasteiger partial charge is 0.449 e. The summed E-state index contributed by atoms with van der Waals surface area (Å²) < 4.78 is 5.17. The Morgan fingerprint density at radius 1 is 0.852 bits per heavy atom. The fraction of sp³-hybridized carbons (Fsp3) is 0.200. The fourth-order valence-electron chi connectivity index (χ4n) is 2.24. The van der Waals surface area contributed by atoms with Crippen LogP contribution in [0.2, 0.25) is 0 Å². The van der Waals surface area contributed by atoms with E-state index in [1.165, 1.54) is 32.9 Å². The maximum absolute atomic E-state index is 12.2. The first kappa shape index (κ1) is 19.8. The Morgan fingerprint density at radius 2 is 1.52 bits per heavy atom. The molecule has 0 aliphatic rings. The predicted molar refractivity (Wildman–Crippen MR) is 101 cm³/mol. The van der Waals surface area contributed by atoms with Crippen LogP contribution in [-0.4, -0.2) is 29.7 Å². The van der Waals surface area contributed by atoms with Gasteiger partial charge in [-0.05, 0) is 56.3 Å². The Labute approximate surface area is 156 Å². The number of amides is 2. The fourth-order valence-corrected chi connectivity index (χ4v) is 2.24. The Hall–Kier alpha value is -3.48. The van der Waals surface area contributed by atoms with E-state index in [2.05, 4.69) is 10.6 Å². The normalized spacial score (nSPS) is 11.2. The van der Waals surface area contributed by atoms with Crippen LogP contribution in [0.3, 0.4) is 0 Å². The van der Waals surface area contributed by atoms with Gasteiger partial charge >= 0.3 is 5.97 Å². The first-order valence-corrected chi connectivity index (χ1v) is 8.27. The minimum atomic E-state index is -1.03. The average molecular weight is 368 g/mol. The van der Waals surface area contributed by atoms with Crippen LogP contribution in [0.25, 0.3) is 0 Å². The van der Waals surface area contributed by atoms with Crippen molar-refractivity contribution in [2.24, 2.45) is 0 Å². The molecule has 0 unspecified atom stereocenters. The Bertz CT molecular complexity index is 874. The third-order valence-electron chi connectivity index (χ3n) is 3.63. The highest BCUT2D eigenvalue weighted by atomic mass is 16.5. The number of esters is 1. The van der Waals surface area contributed by atoms with Crippen LogP contribution >= 0.6 is 0 Å². The zero-order valence-electron chi connectivity index (χ0n) is 15.2. The number of nitrogens with one attached hydrogen (secondary N) is 2. The van der Waals surface area contributed by atoms with Gasteiger partial charge in [0.2, 0.25) is 5.91 Å². The smallest absolute Gasteiger partial charge is 0.338 e. The highest BCUT2D eigenvalue weighted by molar-refractivity contribution is 5.99. The van der Waals surface area contributed by atoms with Gasteiger partial charge in [-0.2, -0.15) is 0 Å². The van der Waals surface area contributed by atoms with Gasteiger partial charge in [0.15, 0.2) is 11.9 Å². The third kappa shape index (κ3) is 5.78. The van der Waals surface area contributed by atoms with Gasteiger partial charge in [0.05, 0.1) is 5.56 Å². The molecule has 2 amide bonds. The molecule has 0 aliphatic heterocycles. The highest BCUT2D eigenvalue weighted by Gasteiger charge is 2.19. The molecule has 0 fully saturated rings. The molecular weight excluding hydrogens is 348 g/mol. The molecule has 7 nitrogen and oxygen atoms in total. The number of hydrogen-bond donors (Lipinski definition) is 2. The molecular formula is C20H20N2O5. The SMILES string of the molecule is CC(=O)Nc1cccc(C(=O)O[C@@H](C)C(=O)Nc2ccc(C(C)=O)cc2)c1. The van der Waals surface area contributed by atoms with Crippen molar-refractivity contribution in [2.45, 2.75) is 26.9 Å². The number of carbonyl (C=O) groups is 4. The zero-order valence-corrected chi connectivity index (χ0v) is 15.2. The highest BCUT2D eigenvalue weighted by Crippen LogP contribution is 2.14. The second kappa shape index (κ2) is 8.75. The van der Waals surface area contributed by atoms with Gasteiger partial charge in [-0.25, -0.2) is 4.79 Å². The van der Waals surface area contributed by atoms with Crippen LogP contribution in [0.15, 0.2) is 48.5 Å². The van der Waals surface area contributed by atoms with Crippen molar-refractivity contribution in [3.63, 3.8) is 0 Å². The van der Waals surface area contributed by atoms with Crippen LogP contribution in [0.1, 0.15) is 41.5 Å². The molecule has 2 rings (SSSR count). The van der Waals surface area contributed by atoms with E-state index in [4.69, 9.17) is 4.74 Å². The minimum absolute atomic E-state index is 0.0725. The van der Waals surface area contributed by atoms with E-state index < -0.39 is 18.0 Å². The minimum Gasteiger partial charge on any atom is -0.449 e. The van der Waals surface area contributed by atoms with E-state index in [9.17, 15) is 19.2 Å². The summed E-state index contributed by atoms with van der Waals surface area (Å²) in [4.78, 5) is 46.8. The number of benzene rings is 2. The van der Waals surface area contributed by atoms with E-state index >= 15 is 0 Å². The first-order chi connectivity index (χ1) is 12.8. The summed E-state index contributed by atoms with van der Waals surface area (Å²) in [5, 5.41) is 5.19. The third-order valence-corrected chi connectivity index (χ3v) is 3.63. The number of carbonyl (C=O) groups excluding carboxylic acids is 4. The molecule has 0 heterocycles. The van der Waals surface area contributed by atoms with Crippen molar-refractivity contribution < 1.29 is 23.9 Å². The maximum Gasteiger partial charge on any atom is 0.338 e. The van der Waals surface area contributed by atoms with Crippen LogP contribution in [0, 0.1) is 0 Å². The lowest BCUT2D eigenvalue weighted by molar-refractivity contribution is -0.123. The van der Waals surface area contributed by atoms with E-state index in [0.717, 1.165) is 0 Å². The van der Waals surface area contributed by atoms with Crippen molar-refractivity contribution in [2.75, 3.05) is 10.6 Å². The number of hydrogen-bond acceptors (Lipinski definition) is 5. The Balaban J connectivity index is 1.98. The van der Waals surface area contributed by atoms with Crippen molar-refractivity contribution in [1.82, 2.24) is 0 Å². The molecule has 0 spiro atoms. The van der Waals surface area contributed by atoms with E-state index in [0.29, 0.717) is 16.9 Å². The lowest BCUT2D eigenvalue weighted by Crippen LogP contribution is -2.30. The van der Waals surface area contributed by atoms with Crippen molar-refractivity contribution >= 4 is 34.9 Å². The molecule has 140 valence electrons. The summed E-state index contributed by atoms with van der Waals surface area (Å²) in [6.07, 6.45) is -1.03. The molecule has 0 radical (unpaired) electrons. The number of Topliss-reactive ketones (excluding diaryl/α,β-unsaturated/α-hetero) is 1. The molecule has 27 heavy (non-hydrogen) atoms. The van der Waals surface area contributed by atoms with Crippen molar-refractivity contribution in [3.05, 3.63) is 59.7 Å². The maximum atomic E-state index is 12.2. The lowest BCUT2D eigenvalue weighted by Gasteiger charge is -2.14. The molecule has 7 heteroatoms. The molecule has 0 saturated carbocycles. The van der Waals surface area contributed by atoms with Crippen LogP contribution in [-0.2, 0) is 14.3 Å². The molecule has 2 aromatic carbocycles. The predicted octanol–water partition coefficient (Wildman–Crippen LogP) is 3.03. The van der Waals surface area contributed by atoms with Gasteiger partial charge in [0.1, 0.15) is 0 Å². The Morgan fingerprint density at radius 3 is 2.11 bits per heavy atom. The van der Waals surface area contributed by atoms with Gasteiger partial charge in [-0.1, -0.05) is 6.07 Å². The molecule has 2 N–H and O–H groups in total. The van der Waals surface area contributed by atoms with Gasteiger partial charge < -0.3 is 15.4 Å². The second-order valence-corrected chi connectivity index (χ2v) is 5.93. The van der Waals surface area contributed by atoms with E-state index in [1.54, 1.807) is 36.4 Å². The van der Waals surface area contributed by atoms with E-state index in [-0.39, 0.29) is 17.3 Å². The standard InChI is InChI=1S/C20H20N2O5/c1-12(23)15-7-9-17(10-8-15)22-19(25)13(2)27-20(26)16-5-4-6-18(11-16)21-14(3)24/h4-11,13H,1-3H3,(H,21,24)(H,22,25)/t13-/m0/s1. The van der Waals surface area contributed by atoms with Crippen LogP contribution in [0.5, 0.6) is 0 Å². The summed E-state index contributed by atoms with van der Waals surface area (Å²) in [6, 6.07) is 12.6. The molecule has 0 aromatic heterocycles. The second-order valence-electron chi connectivity index (χ2n) is 5.93. The van der Waals surface area contributed by atoms with Crippen LogP contribution < -0.4 is 10.6 Å². The summed E-state index contributed by atoms with van der Waals surface area (Å²) >= 11 is 0. The van der Waals surface area contributed by atoms with Gasteiger partial charge in [0, 0.05) is 23.9 Å². The number of rotatable bonds is 6. The molecule has 0 saturated heterocycles. The topological polar surface area (TPSA) is 102 Å². The van der Waals surface area contributed by atoms with Crippen molar-refractivity contribution in [3.8, 4) is 0 Å². The zero-order chi connectivity index (χ0) is 20.0. The summed E-state index contributed by atoms with van der Waals surface area (Å²) in [6.45, 7) is 4.27. The average Bonchev–Trinajstić information content (AvgIpc) is 2.61. The number of ether oxygens (including phenoxy) is 1. The summed E-state index contributed by atoms with van der Waals surface area (Å²) in [7, 11) is 0. The van der Waals surface area contributed by atoms with Gasteiger partial charge in [-0.3, -0.25) is 14.4 Å². The lowest BCUT2D eigenvalue weighted by atomic mass is 10.1. The van der Waals surface area contributed by atoms with Crippen LogP contribution in [0.4, 0.5) is 11.4 Å². The first-order valence-electron chi connectivity index (χ1n) is 8.27. The summed E-state index contributed by atoms with van der Waals surface area (Å²) in [5.41, 5.74) is 1.69. The number of ketones is 1. The van der Waals surface area contributed by atoms with Gasteiger partial charge in [-0.15, -0.1) is 0 Å².